The molecule has 0 unspecified atom stereocenters. The quantitative estimate of drug-likeness (QED) is 0.187. The molecule has 1 aromatic carbocycles. The maximum atomic E-state index is 12.1. The predicted molar refractivity (Wildman–Crippen MR) is 129 cm³/mol. The summed E-state index contributed by atoms with van der Waals surface area (Å²) >= 11 is 0. The zero-order chi connectivity index (χ0) is 22.6. The van der Waals surface area contributed by atoms with Crippen molar-refractivity contribution >= 4 is 11.9 Å². The molecule has 0 heterocycles. The highest BCUT2D eigenvalue weighted by Gasteiger charge is 2.19. The Morgan fingerprint density at radius 1 is 0.839 bits per heavy atom. The Labute approximate surface area is 189 Å². The molecule has 2 N–H and O–H groups in total. The van der Waals surface area contributed by atoms with Gasteiger partial charge in [0.05, 0.1) is 0 Å². The number of unbranched alkanes of at least 4 members (excludes halogenated alkanes) is 11. The van der Waals surface area contributed by atoms with Crippen molar-refractivity contribution in [2.45, 2.75) is 109 Å². The van der Waals surface area contributed by atoms with E-state index in [-0.39, 0.29) is 5.91 Å². The maximum absolute atomic E-state index is 12.1. The van der Waals surface area contributed by atoms with Crippen LogP contribution >= 0.6 is 0 Å². The molecule has 0 bridgehead atoms. The fraction of sp³-hybridized carbons (Fsp3) is 0.630. The largest absolute Gasteiger partial charge is 0.480 e. The number of carboxylic acid groups (broad SMARTS) is 1. The van der Waals surface area contributed by atoms with Crippen molar-refractivity contribution in [2.75, 3.05) is 0 Å². The van der Waals surface area contributed by atoms with E-state index in [0.29, 0.717) is 12.8 Å². The molecule has 1 amide bonds. The molecule has 0 fully saturated rings. The molecule has 1 atom stereocenters. The van der Waals surface area contributed by atoms with Crippen LogP contribution in [0.2, 0.25) is 0 Å². The first-order valence-corrected chi connectivity index (χ1v) is 12.3. The van der Waals surface area contributed by atoms with Gasteiger partial charge in [0.15, 0.2) is 0 Å². The van der Waals surface area contributed by atoms with E-state index in [1.807, 2.05) is 30.3 Å². The van der Waals surface area contributed by atoms with Crippen molar-refractivity contribution < 1.29 is 14.7 Å². The molecular formula is C27H43NO3. The Balaban J connectivity index is 2.00. The second kappa shape index (κ2) is 18.7. The lowest BCUT2D eigenvalue weighted by Gasteiger charge is -2.14. The monoisotopic (exact) mass is 429 g/mol. The lowest BCUT2D eigenvalue weighted by atomic mass is 10.1. The van der Waals surface area contributed by atoms with Crippen LogP contribution in [-0.2, 0) is 16.0 Å². The van der Waals surface area contributed by atoms with Gasteiger partial charge in [-0.2, -0.15) is 0 Å². The fourth-order valence-corrected chi connectivity index (χ4v) is 3.67. The highest BCUT2D eigenvalue weighted by molar-refractivity contribution is 5.83. The number of rotatable bonds is 19. The lowest BCUT2D eigenvalue weighted by molar-refractivity contribution is -0.141. The van der Waals surface area contributed by atoms with Gasteiger partial charge in [0.2, 0.25) is 5.91 Å². The van der Waals surface area contributed by atoms with Crippen LogP contribution in [0.25, 0.3) is 0 Å². The van der Waals surface area contributed by atoms with Gasteiger partial charge in [-0.05, 0) is 37.7 Å². The SMILES string of the molecule is CCCCCCCC/C=C\CCCCCCCC(=O)N[C@@H](Cc1ccccc1)C(=O)O. The van der Waals surface area contributed by atoms with Gasteiger partial charge in [0.1, 0.15) is 6.04 Å². The molecule has 174 valence electrons. The predicted octanol–water partition coefficient (Wildman–Crippen LogP) is 6.84. The van der Waals surface area contributed by atoms with E-state index in [1.54, 1.807) is 0 Å². The summed E-state index contributed by atoms with van der Waals surface area (Å²) in [5.41, 5.74) is 0.913. The molecule has 0 radical (unpaired) electrons. The number of aliphatic carboxylic acids is 1. The second-order valence-corrected chi connectivity index (χ2v) is 8.48. The maximum Gasteiger partial charge on any atom is 0.326 e. The summed E-state index contributed by atoms with van der Waals surface area (Å²) < 4.78 is 0. The summed E-state index contributed by atoms with van der Waals surface area (Å²) in [6.07, 6.45) is 21.2. The van der Waals surface area contributed by atoms with Gasteiger partial charge in [-0.1, -0.05) is 101 Å². The minimum atomic E-state index is -0.984. The number of benzene rings is 1. The van der Waals surface area contributed by atoms with Crippen LogP contribution in [0.4, 0.5) is 0 Å². The smallest absolute Gasteiger partial charge is 0.326 e. The Bertz CT molecular complexity index is 612. The third-order valence-corrected chi connectivity index (χ3v) is 5.58. The molecule has 31 heavy (non-hydrogen) atoms. The molecule has 0 aliphatic heterocycles. The molecule has 0 aromatic heterocycles. The van der Waals surface area contributed by atoms with Gasteiger partial charge in [-0.3, -0.25) is 4.79 Å². The van der Waals surface area contributed by atoms with E-state index in [2.05, 4.69) is 24.4 Å². The third-order valence-electron chi connectivity index (χ3n) is 5.58. The van der Waals surface area contributed by atoms with Gasteiger partial charge in [0.25, 0.3) is 0 Å². The summed E-state index contributed by atoms with van der Waals surface area (Å²) in [5.74, 6) is -1.15. The van der Waals surface area contributed by atoms with Gasteiger partial charge >= 0.3 is 5.97 Å². The third kappa shape index (κ3) is 15.4. The van der Waals surface area contributed by atoms with E-state index in [9.17, 15) is 14.7 Å². The molecule has 0 saturated heterocycles. The first-order chi connectivity index (χ1) is 15.1. The van der Waals surface area contributed by atoms with Crippen molar-refractivity contribution in [1.29, 1.82) is 0 Å². The molecule has 4 nitrogen and oxygen atoms in total. The van der Waals surface area contributed by atoms with Gasteiger partial charge in [-0.15, -0.1) is 0 Å². The molecule has 0 spiro atoms. The van der Waals surface area contributed by atoms with Gasteiger partial charge in [-0.25, -0.2) is 4.79 Å². The van der Waals surface area contributed by atoms with Crippen LogP contribution in [0, 0.1) is 0 Å². The topological polar surface area (TPSA) is 66.4 Å². The second-order valence-electron chi connectivity index (χ2n) is 8.48. The van der Waals surface area contributed by atoms with Crippen LogP contribution in [0.1, 0.15) is 102 Å². The van der Waals surface area contributed by atoms with Crippen LogP contribution in [0.15, 0.2) is 42.5 Å². The number of hydrogen-bond donors (Lipinski definition) is 2. The van der Waals surface area contributed by atoms with Crippen molar-refractivity contribution in [3.63, 3.8) is 0 Å². The van der Waals surface area contributed by atoms with E-state index in [1.165, 1.54) is 57.8 Å². The summed E-state index contributed by atoms with van der Waals surface area (Å²) in [6, 6.07) is 8.55. The fourth-order valence-electron chi connectivity index (χ4n) is 3.67. The number of carboxylic acids is 1. The number of amides is 1. The summed E-state index contributed by atoms with van der Waals surface area (Å²) in [6.45, 7) is 2.25. The van der Waals surface area contributed by atoms with Gasteiger partial charge in [0, 0.05) is 12.8 Å². The van der Waals surface area contributed by atoms with Crippen molar-refractivity contribution in [1.82, 2.24) is 5.32 Å². The lowest BCUT2D eigenvalue weighted by Crippen LogP contribution is -2.42. The van der Waals surface area contributed by atoms with E-state index in [4.69, 9.17) is 0 Å². The van der Waals surface area contributed by atoms with Crippen LogP contribution in [0.5, 0.6) is 0 Å². The summed E-state index contributed by atoms with van der Waals surface area (Å²) in [4.78, 5) is 23.5. The molecule has 4 heteroatoms. The highest BCUT2D eigenvalue weighted by Crippen LogP contribution is 2.10. The zero-order valence-electron chi connectivity index (χ0n) is 19.5. The Kier molecular flexibility index (Phi) is 16.2. The van der Waals surface area contributed by atoms with Crippen molar-refractivity contribution in [3.8, 4) is 0 Å². The number of hydrogen-bond acceptors (Lipinski definition) is 2. The average molecular weight is 430 g/mol. The minimum Gasteiger partial charge on any atom is -0.480 e. The van der Waals surface area contributed by atoms with E-state index < -0.39 is 12.0 Å². The molecule has 1 aromatic rings. The summed E-state index contributed by atoms with van der Waals surface area (Å²) in [5, 5.41) is 12.0. The van der Waals surface area contributed by atoms with Crippen LogP contribution in [-0.4, -0.2) is 23.0 Å². The number of nitrogens with one attached hydrogen (secondary N) is 1. The Hall–Kier alpha value is -2.10. The zero-order valence-corrected chi connectivity index (χ0v) is 19.5. The van der Waals surface area contributed by atoms with Crippen LogP contribution < -0.4 is 5.32 Å². The first kappa shape index (κ1) is 26.9. The molecular weight excluding hydrogens is 386 g/mol. The number of carbonyl (C=O) groups excluding carboxylic acids is 1. The summed E-state index contributed by atoms with van der Waals surface area (Å²) in [7, 11) is 0. The number of allylic oxidation sites excluding steroid dienone is 2. The molecule has 1 rings (SSSR count). The minimum absolute atomic E-state index is 0.166. The molecule has 0 aliphatic carbocycles. The van der Waals surface area contributed by atoms with E-state index in [0.717, 1.165) is 31.2 Å². The van der Waals surface area contributed by atoms with Crippen molar-refractivity contribution in [3.05, 3.63) is 48.0 Å². The van der Waals surface area contributed by atoms with Crippen molar-refractivity contribution in [2.24, 2.45) is 0 Å². The first-order valence-electron chi connectivity index (χ1n) is 12.3. The standard InChI is InChI=1S/C27H43NO3/c1-2-3-4-5-6-7-8-9-10-11-12-13-14-15-19-22-26(29)28-25(27(30)31)23-24-20-17-16-18-21-24/h9-10,16-18,20-21,25H,2-8,11-15,19,22-23H2,1H3,(H,28,29)(H,30,31)/b10-9-/t25-/m0/s1. The van der Waals surface area contributed by atoms with E-state index >= 15 is 0 Å². The van der Waals surface area contributed by atoms with Gasteiger partial charge < -0.3 is 10.4 Å². The number of carbonyl (C=O) groups is 2. The molecule has 0 aliphatic rings. The Morgan fingerprint density at radius 2 is 1.39 bits per heavy atom. The normalized spacial score (nSPS) is 12.2. The Morgan fingerprint density at radius 3 is 1.97 bits per heavy atom. The average Bonchev–Trinajstić information content (AvgIpc) is 2.76. The molecule has 0 saturated carbocycles. The highest BCUT2D eigenvalue weighted by atomic mass is 16.4. The van der Waals surface area contributed by atoms with Crippen LogP contribution in [0.3, 0.4) is 0 Å².